The molecule has 150 valence electrons. The number of carbonyl (C=O) groups excluding carboxylic acids is 1. The summed E-state index contributed by atoms with van der Waals surface area (Å²) >= 11 is 0. The number of benzene rings is 2. The van der Waals surface area contributed by atoms with Crippen molar-refractivity contribution in [3.8, 4) is 23.0 Å². The number of likely N-dealkylation sites (N-methyl/N-ethyl adjacent to an activating group) is 1. The molecule has 5 heteroatoms. The van der Waals surface area contributed by atoms with Crippen LogP contribution in [0.5, 0.6) is 0 Å². The Hall–Kier alpha value is -3.36. The Labute approximate surface area is 176 Å². The summed E-state index contributed by atoms with van der Waals surface area (Å²) in [6.07, 6.45) is 3.42. The highest BCUT2D eigenvalue weighted by molar-refractivity contribution is 5.95. The Bertz CT molecular complexity index is 1210. The van der Waals surface area contributed by atoms with Gasteiger partial charge in [0, 0.05) is 50.2 Å². The number of amides is 1. The lowest BCUT2D eigenvalue weighted by molar-refractivity contribution is -0.137. The third kappa shape index (κ3) is 3.20. The molecule has 1 atom stereocenters. The maximum Gasteiger partial charge on any atom is 0.267 e. The van der Waals surface area contributed by atoms with E-state index in [2.05, 4.69) is 46.0 Å². The summed E-state index contributed by atoms with van der Waals surface area (Å²) in [7, 11) is 1.69. The Morgan fingerprint density at radius 2 is 1.90 bits per heavy atom. The van der Waals surface area contributed by atoms with E-state index in [1.54, 1.807) is 7.05 Å². The minimum absolute atomic E-state index is 0.327. The van der Waals surface area contributed by atoms with Crippen LogP contribution in [0.25, 0.3) is 21.9 Å². The minimum Gasteiger partial charge on any atom is -0.369 e. The molecule has 0 aliphatic carbocycles. The predicted molar refractivity (Wildman–Crippen MR) is 118 cm³/mol. The van der Waals surface area contributed by atoms with Crippen LogP contribution in [0.2, 0.25) is 0 Å². The van der Waals surface area contributed by atoms with Gasteiger partial charge >= 0.3 is 0 Å². The van der Waals surface area contributed by atoms with Crippen molar-refractivity contribution in [1.29, 1.82) is 0 Å². The van der Waals surface area contributed by atoms with Crippen molar-refractivity contribution in [2.75, 3.05) is 31.6 Å². The zero-order chi connectivity index (χ0) is 20.7. The van der Waals surface area contributed by atoms with Crippen LogP contribution in [0, 0.1) is 11.8 Å². The standard InChI is InChI=1S/C25H23N3O2/c1-27-15-11-25(30,24(27)29)10-8-18-4-2-5-20(16-18)21-7-6-19-9-12-26-23(22(19)17-21)28-13-3-14-28/h2,4-7,9,12,16-17,30H,3,11,13-15H2,1H3. The zero-order valence-electron chi connectivity index (χ0n) is 16.9. The number of aromatic nitrogens is 1. The number of anilines is 1. The second-order valence-corrected chi connectivity index (χ2v) is 8.08. The number of pyridine rings is 1. The molecule has 0 spiro atoms. The highest BCUT2D eigenvalue weighted by Crippen LogP contribution is 2.32. The molecular formula is C25H23N3O2. The molecule has 2 saturated heterocycles. The summed E-state index contributed by atoms with van der Waals surface area (Å²) in [5.41, 5.74) is 1.34. The summed E-state index contributed by atoms with van der Waals surface area (Å²) in [6.45, 7) is 2.63. The van der Waals surface area contributed by atoms with E-state index in [9.17, 15) is 9.90 Å². The van der Waals surface area contributed by atoms with Gasteiger partial charge in [-0.2, -0.15) is 0 Å². The van der Waals surface area contributed by atoms with E-state index in [4.69, 9.17) is 0 Å². The molecule has 30 heavy (non-hydrogen) atoms. The molecule has 1 aromatic heterocycles. The number of aliphatic hydroxyl groups is 1. The summed E-state index contributed by atoms with van der Waals surface area (Å²) < 4.78 is 0. The van der Waals surface area contributed by atoms with Crippen LogP contribution >= 0.6 is 0 Å². The lowest BCUT2D eigenvalue weighted by Gasteiger charge is -2.32. The van der Waals surface area contributed by atoms with Gasteiger partial charge in [-0.05, 0) is 47.2 Å². The highest BCUT2D eigenvalue weighted by atomic mass is 16.3. The van der Waals surface area contributed by atoms with Crippen LogP contribution in [0.4, 0.5) is 5.82 Å². The summed E-state index contributed by atoms with van der Waals surface area (Å²) in [5.74, 6) is 6.52. The van der Waals surface area contributed by atoms with Gasteiger partial charge in [-0.3, -0.25) is 4.79 Å². The van der Waals surface area contributed by atoms with Gasteiger partial charge < -0.3 is 14.9 Å². The van der Waals surface area contributed by atoms with Gasteiger partial charge in [0.15, 0.2) is 0 Å². The Kier molecular flexibility index (Phi) is 4.45. The fraction of sp³-hybridized carbons (Fsp3) is 0.280. The van der Waals surface area contributed by atoms with Gasteiger partial charge in [-0.15, -0.1) is 0 Å². The normalized spacial score (nSPS) is 20.8. The quantitative estimate of drug-likeness (QED) is 0.676. The molecule has 1 N–H and O–H groups in total. The fourth-order valence-corrected chi connectivity index (χ4v) is 4.03. The Morgan fingerprint density at radius 1 is 1.07 bits per heavy atom. The van der Waals surface area contributed by atoms with Gasteiger partial charge in [-0.25, -0.2) is 4.98 Å². The number of carbonyl (C=O) groups is 1. The molecule has 1 unspecified atom stereocenters. The molecule has 2 aromatic carbocycles. The molecule has 2 aliphatic rings. The van der Waals surface area contributed by atoms with Crippen LogP contribution in [0.3, 0.4) is 0 Å². The first-order valence-corrected chi connectivity index (χ1v) is 10.3. The van der Waals surface area contributed by atoms with Crippen molar-refractivity contribution >= 4 is 22.5 Å². The van der Waals surface area contributed by atoms with Crippen molar-refractivity contribution in [3.63, 3.8) is 0 Å². The van der Waals surface area contributed by atoms with E-state index in [0.29, 0.717) is 13.0 Å². The third-order valence-electron chi connectivity index (χ3n) is 6.02. The molecule has 2 aliphatic heterocycles. The zero-order valence-corrected chi connectivity index (χ0v) is 16.9. The monoisotopic (exact) mass is 397 g/mol. The van der Waals surface area contributed by atoms with Crippen molar-refractivity contribution in [2.24, 2.45) is 0 Å². The first-order chi connectivity index (χ1) is 14.5. The topological polar surface area (TPSA) is 56.7 Å². The minimum atomic E-state index is -1.58. The molecule has 0 radical (unpaired) electrons. The van der Waals surface area contributed by atoms with E-state index in [1.165, 1.54) is 16.7 Å². The van der Waals surface area contributed by atoms with Gasteiger partial charge in [0.2, 0.25) is 5.60 Å². The SMILES string of the molecule is CN1CCC(O)(C#Cc2cccc(-c3ccc4ccnc(N5CCC5)c4c3)c2)C1=O. The van der Waals surface area contributed by atoms with Crippen molar-refractivity contribution in [1.82, 2.24) is 9.88 Å². The fourth-order valence-electron chi connectivity index (χ4n) is 4.03. The van der Waals surface area contributed by atoms with Crippen LogP contribution < -0.4 is 4.90 Å². The summed E-state index contributed by atoms with van der Waals surface area (Å²) in [6, 6.07) is 16.4. The molecule has 2 fully saturated rings. The molecule has 5 nitrogen and oxygen atoms in total. The highest BCUT2D eigenvalue weighted by Gasteiger charge is 2.42. The van der Waals surface area contributed by atoms with E-state index in [-0.39, 0.29) is 5.91 Å². The Morgan fingerprint density at radius 3 is 2.63 bits per heavy atom. The summed E-state index contributed by atoms with van der Waals surface area (Å²) in [5, 5.41) is 12.9. The van der Waals surface area contributed by atoms with E-state index in [0.717, 1.165) is 41.0 Å². The summed E-state index contributed by atoms with van der Waals surface area (Å²) in [4.78, 5) is 20.6. The smallest absolute Gasteiger partial charge is 0.267 e. The molecule has 3 aromatic rings. The second kappa shape index (κ2) is 7.16. The predicted octanol–water partition coefficient (Wildman–Crippen LogP) is 3.06. The van der Waals surface area contributed by atoms with Crippen LogP contribution in [-0.2, 0) is 4.79 Å². The Balaban J connectivity index is 1.50. The lowest BCUT2D eigenvalue weighted by Crippen LogP contribution is -2.37. The second-order valence-electron chi connectivity index (χ2n) is 8.08. The van der Waals surface area contributed by atoms with Crippen molar-refractivity contribution < 1.29 is 9.90 Å². The molecule has 0 bridgehead atoms. The van der Waals surface area contributed by atoms with Crippen LogP contribution in [-0.4, -0.2) is 53.2 Å². The van der Waals surface area contributed by atoms with Gasteiger partial charge in [0.25, 0.3) is 5.91 Å². The number of nitrogens with zero attached hydrogens (tertiary/aromatic N) is 3. The van der Waals surface area contributed by atoms with Crippen LogP contribution in [0.15, 0.2) is 54.7 Å². The molecule has 5 rings (SSSR count). The van der Waals surface area contributed by atoms with Crippen molar-refractivity contribution in [3.05, 3.63) is 60.3 Å². The van der Waals surface area contributed by atoms with Gasteiger partial charge in [0.1, 0.15) is 5.82 Å². The lowest BCUT2D eigenvalue weighted by atomic mass is 9.98. The van der Waals surface area contributed by atoms with E-state index in [1.807, 2.05) is 30.5 Å². The average molecular weight is 397 g/mol. The number of hydrogen-bond donors (Lipinski definition) is 1. The number of likely N-dealkylation sites (tertiary alicyclic amines) is 1. The maximum atomic E-state index is 12.1. The molecule has 3 heterocycles. The number of rotatable bonds is 2. The average Bonchev–Trinajstić information content (AvgIpc) is 2.99. The molecule has 0 saturated carbocycles. The largest absolute Gasteiger partial charge is 0.369 e. The van der Waals surface area contributed by atoms with E-state index < -0.39 is 5.60 Å². The first kappa shape index (κ1) is 18.7. The van der Waals surface area contributed by atoms with Gasteiger partial charge in [-0.1, -0.05) is 36.1 Å². The van der Waals surface area contributed by atoms with Gasteiger partial charge in [0.05, 0.1) is 0 Å². The molecular weight excluding hydrogens is 374 g/mol. The number of fused-ring (bicyclic) bond motifs is 1. The third-order valence-corrected chi connectivity index (χ3v) is 6.02. The maximum absolute atomic E-state index is 12.1. The van der Waals surface area contributed by atoms with Crippen LogP contribution in [0.1, 0.15) is 18.4 Å². The molecule has 1 amide bonds. The van der Waals surface area contributed by atoms with Crippen molar-refractivity contribution in [2.45, 2.75) is 18.4 Å². The first-order valence-electron chi connectivity index (χ1n) is 10.3. The van der Waals surface area contributed by atoms with E-state index >= 15 is 0 Å². The number of hydrogen-bond acceptors (Lipinski definition) is 4.